The van der Waals surface area contributed by atoms with Crippen LogP contribution in [0.4, 0.5) is 0 Å². The molecule has 5 nitrogen and oxygen atoms in total. The summed E-state index contributed by atoms with van der Waals surface area (Å²) in [5.74, 6) is 0.393. The van der Waals surface area contributed by atoms with Crippen molar-refractivity contribution in [2.24, 2.45) is 0 Å². The fourth-order valence-electron chi connectivity index (χ4n) is 2.73. The largest absolute Gasteiger partial charge is 0.317 e. The maximum absolute atomic E-state index is 11.9. The molecule has 19 heavy (non-hydrogen) atoms. The fourth-order valence-corrected chi connectivity index (χ4v) is 2.73. The first-order valence-electron chi connectivity index (χ1n) is 6.64. The van der Waals surface area contributed by atoms with Crippen LogP contribution < -0.4 is 10.9 Å². The number of piperidine rings is 1. The van der Waals surface area contributed by atoms with E-state index >= 15 is 0 Å². The third-order valence-electron chi connectivity index (χ3n) is 3.75. The van der Waals surface area contributed by atoms with Gasteiger partial charge in [0.2, 0.25) is 0 Å². The SMILES string of the molecule is C=C(C)c1cnn2c(C3CCNCC3)cc(=O)[nH]c12. The molecule has 2 aromatic rings. The summed E-state index contributed by atoms with van der Waals surface area (Å²) < 4.78 is 1.86. The first-order chi connectivity index (χ1) is 9.16. The Labute approximate surface area is 111 Å². The van der Waals surface area contributed by atoms with Gasteiger partial charge in [-0.3, -0.25) is 4.79 Å². The van der Waals surface area contributed by atoms with E-state index in [1.54, 1.807) is 12.3 Å². The third-order valence-corrected chi connectivity index (χ3v) is 3.75. The number of H-pyrrole nitrogens is 1. The van der Waals surface area contributed by atoms with Crippen LogP contribution >= 0.6 is 0 Å². The molecule has 0 aliphatic carbocycles. The molecule has 3 rings (SSSR count). The van der Waals surface area contributed by atoms with Crippen LogP contribution in [0.5, 0.6) is 0 Å². The number of fused-ring (bicyclic) bond motifs is 1. The van der Waals surface area contributed by atoms with E-state index in [0.717, 1.165) is 48.4 Å². The molecule has 0 unspecified atom stereocenters. The first kappa shape index (κ1) is 12.2. The molecule has 1 aliphatic rings. The van der Waals surface area contributed by atoms with Gasteiger partial charge >= 0.3 is 0 Å². The van der Waals surface area contributed by atoms with Crippen LogP contribution in [-0.4, -0.2) is 27.7 Å². The number of nitrogens with zero attached hydrogens (tertiary/aromatic N) is 2. The van der Waals surface area contributed by atoms with Gasteiger partial charge in [-0.05, 0) is 38.4 Å². The molecule has 5 heteroatoms. The highest BCUT2D eigenvalue weighted by Gasteiger charge is 2.20. The topological polar surface area (TPSA) is 62.2 Å². The Morgan fingerprint density at radius 3 is 2.89 bits per heavy atom. The monoisotopic (exact) mass is 258 g/mol. The molecule has 1 aliphatic heterocycles. The number of nitrogens with one attached hydrogen (secondary N) is 2. The Bertz CT molecular complexity index is 676. The van der Waals surface area contributed by atoms with Gasteiger partial charge in [0, 0.05) is 17.5 Å². The van der Waals surface area contributed by atoms with Gasteiger partial charge in [-0.2, -0.15) is 5.10 Å². The van der Waals surface area contributed by atoms with Crippen molar-refractivity contribution >= 4 is 11.2 Å². The Hall–Kier alpha value is -1.88. The zero-order valence-corrected chi connectivity index (χ0v) is 11.1. The van der Waals surface area contributed by atoms with Crippen molar-refractivity contribution in [2.75, 3.05) is 13.1 Å². The molecule has 0 amide bonds. The Morgan fingerprint density at radius 2 is 2.21 bits per heavy atom. The quantitative estimate of drug-likeness (QED) is 0.858. The molecule has 0 aromatic carbocycles. The average Bonchev–Trinajstić information content (AvgIpc) is 2.82. The van der Waals surface area contributed by atoms with Crippen LogP contribution in [0.25, 0.3) is 11.2 Å². The number of hydrogen-bond acceptors (Lipinski definition) is 3. The van der Waals surface area contributed by atoms with Gasteiger partial charge in [-0.25, -0.2) is 4.52 Å². The summed E-state index contributed by atoms with van der Waals surface area (Å²) in [7, 11) is 0. The smallest absolute Gasteiger partial charge is 0.251 e. The van der Waals surface area contributed by atoms with Gasteiger partial charge in [0.1, 0.15) is 5.65 Å². The summed E-state index contributed by atoms with van der Waals surface area (Å²) in [6.07, 6.45) is 3.86. The zero-order chi connectivity index (χ0) is 13.4. The summed E-state index contributed by atoms with van der Waals surface area (Å²) in [4.78, 5) is 14.7. The van der Waals surface area contributed by atoms with Crippen LogP contribution in [0.3, 0.4) is 0 Å². The minimum Gasteiger partial charge on any atom is -0.317 e. The van der Waals surface area contributed by atoms with Crippen LogP contribution in [0, 0.1) is 0 Å². The molecular weight excluding hydrogens is 240 g/mol. The van der Waals surface area contributed by atoms with Gasteiger partial charge in [0.15, 0.2) is 0 Å². The van der Waals surface area contributed by atoms with E-state index in [2.05, 4.69) is 22.0 Å². The second kappa shape index (κ2) is 4.66. The lowest BCUT2D eigenvalue weighted by Gasteiger charge is -2.23. The van der Waals surface area contributed by atoms with Crippen LogP contribution in [0.15, 0.2) is 23.6 Å². The van der Waals surface area contributed by atoms with Gasteiger partial charge in [-0.1, -0.05) is 6.58 Å². The molecule has 0 atom stereocenters. The second-order valence-corrected chi connectivity index (χ2v) is 5.18. The van der Waals surface area contributed by atoms with E-state index in [4.69, 9.17) is 0 Å². The van der Waals surface area contributed by atoms with E-state index in [-0.39, 0.29) is 5.56 Å². The lowest BCUT2D eigenvalue weighted by Crippen LogP contribution is -2.28. The maximum atomic E-state index is 11.9. The number of allylic oxidation sites excluding steroid dienone is 1. The Kier molecular flexibility index (Phi) is 2.98. The molecule has 0 radical (unpaired) electrons. The van der Waals surface area contributed by atoms with Crippen molar-refractivity contribution in [3.05, 3.63) is 40.5 Å². The number of rotatable bonds is 2. The van der Waals surface area contributed by atoms with Crippen molar-refractivity contribution in [2.45, 2.75) is 25.7 Å². The van der Waals surface area contributed by atoms with E-state index in [1.807, 2.05) is 11.4 Å². The number of aromatic nitrogens is 3. The standard InChI is InChI=1S/C14H18N4O/c1-9(2)11-8-16-18-12(7-13(19)17-14(11)18)10-3-5-15-6-4-10/h7-8,10,15H,1,3-6H2,2H3,(H,17,19). The zero-order valence-electron chi connectivity index (χ0n) is 11.1. The lowest BCUT2D eigenvalue weighted by molar-refractivity contribution is 0.446. The van der Waals surface area contributed by atoms with E-state index < -0.39 is 0 Å². The Balaban J connectivity index is 2.18. The van der Waals surface area contributed by atoms with Gasteiger partial charge in [0.05, 0.1) is 11.9 Å². The normalized spacial score (nSPS) is 16.9. The van der Waals surface area contributed by atoms with E-state index in [0.29, 0.717) is 5.92 Å². The predicted octanol–water partition coefficient (Wildman–Crippen LogP) is 1.52. The molecule has 2 aromatic heterocycles. The fraction of sp³-hybridized carbons (Fsp3) is 0.429. The lowest BCUT2D eigenvalue weighted by atomic mass is 9.94. The molecular formula is C14H18N4O. The molecule has 100 valence electrons. The van der Waals surface area contributed by atoms with Crippen molar-refractivity contribution in [3.63, 3.8) is 0 Å². The summed E-state index contributed by atoms with van der Waals surface area (Å²) in [6.45, 7) is 7.84. The van der Waals surface area contributed by atoms with Crippen molar-refractivity contribution in [3.8, 4) is 0 Å². The highest BCUT2D eigenvalue weighted by Crippen LogP contribution is 2.26. The third kappa shape index (κ3) is 2.10. The minimum absolute atomic E-state index is 0.0657. The molecule has 0 spiro atoms. The van der Waals surface area contributed by atoms with Crippen molar-refractivity contribution < 1.29 is 0 Å². The van der Waals surface area contributed by atoms with Crippen molar-refractivity contribution in [1.29, 1.82) is 0 Å². The van der Waals surface area contributed by atoms with Crippen LogP contribution in [0.1, 0.15) is 36.9 Å². The Morgan fingerprint density at radius 1 is 1.47 bits per heavy atom. The summed E-state index contributed by atoms with van der Waals surface area (Å²) in [5.41, 5.74) is 3.52. The maximum Gasteiger partial charge on any atom is 0.251 e. The molecule has 3 heterocycles. The first-order valence-corrected chi connectivity index (χ1v) is 6.64. The van der Waals surface area contributed by atoms with Crippen molar-refractivity contribution in [1.82, 2.24) is 19.9 Å². The highest BCUT2D eigenvalue weighted by molar-refractivity contribution is 5.72. The average molecular weight is 258 g/mol. The van der Waals surface area contributed by atoms with Crippen LogP contribution in [0.2, 0.25) is 0 Å². The number of aromatic amines is 1. The van der Waals surface area contributed by atoms with Gasteiger partial charge in [0.25, 0.3) is 5.56 Å². The summed E-state index contributed by atoms with van der Waals surface area (Å²) in [6, 6.07) is 1.68. The number of hydrogen-bond donors (Lipinski definition) is 2. The van der Waals surface area contributed by atoms with Gasteiger partial charge in [-0.15, -0.1) is 0 Å². The molecule has 0 bridgehead atoms. The molecule has 0 saturated carbocycles. The van der Waals surface area contributed by atoms with E-state index in [1.165, 1.54) is 0 Å². The molecule has 1 saturated heterocycles. The van der Waals surface area contributed by atoms with Crippen LogP contribution in [-0.2, 0) is 0 Å². The second-order valence-electron chi connectivity index (χ2n) is 5.18. The molecule has 1 fully saturated rings. The summed E-state index contributed by atoms with van der Waals surface area (Å²) in [5, 5.41) is 7.76. The minimum atomic E-state index is -0.0657. The highest BCUT2D eigenvalue weighted by atomic mass is 16.1. The van der Waals surface area contributed by atoms with Gasteiger partial charge < -0.3 is 10.3 Å². The predicted molar refractivity (Wildman–Crippen MR) is 75.4 cm³/mol. The molecule has 2 N–H and O–H groups in total. The summed E-state index contributed by atoms with van der Waals surface area (Å²) >= 11 is 0. The van der Waals surface area contributed by atoms with E-state index in [9.17, 15) is 4.79 Å².